The first-order valence-electron chi connectivity index (χ1n) is 8.37. The van der Waals surface area contributed by atoms with Crippen molar-refractivity contribution in [1.29, 1.82) is 0 Å². The molecular formula is C19H23ClN2O5S. The Morgan fingerprint density at radius 2 is 1.86 bits per heavy atom. The van der Waals surface area contributed by atoms with Crippen molar-refractivity contribution in [2.75, 3.05) is 30.1 Å². The average molecular weight is 427 g/mol. The van der Waals surface area contributed by atoms with E-state index in [1.807, 2.05) is 0 Å². The van der Waals surface area contributed by atoms with Gasteiger partial charge in [-0.05, 0) is 43.7 Å². The minimum Gasteiger partial charge on any atom is -0.497 e. The Hall–Kier alpha value is -2.45. The van der Waals surface area contributed by atoms with Crippen LogP contribution in [0, 0.1) is 6.92 Å². The zero-order valence-electron chi connectivity index (χ0n) is 16.3. The maximum absolute atomic E-state index is 12.9. The number of anilines is 2. The molecule has 7 nitrogen and oxygen atoms in total. The van der Waals surface area contributed by atoms with E-state index in [0.29, 0.717) is 27.8 Å². The van der Waals surface area contributed by atoms with Gasteiger partial charge in [0.15, 0.2) is 0 Å². The molecular weight excluding hydrogens is 404 g/mol. The second kappa shape index (κ2) is 8.70. The second-order valence-corrected chi connectivity index (χ2v) is 8.44. The number of hydrogen-bond acceptors (Lipinski definition) is 5. The van der Waals surface area contributed by atoms with Crippen molar-refractivity contribution in [3.63, 3.8) is 0 Å². The van der Waals surface area contributed by atoms with E-state index in [2.05, 4.69) is 5.32 Å². The lowest BCUT2D eigenvalue weighted by Crippen LogP contribution is -2.45. The summed E-state index contributed by atoms with van der Waals surface area (Å²) in [6, 6.07) is 8.78. The van der Waals surface area contributed by atoms with Crippen LogP contribution in [0.15, 0.2) is 36.4 Å². The molecule has 0 saturated heterocycles. The lowest BCUT2D eigenvalue weighted by Gasteiger charge is -2.29. The van der Waals surface area contributed by atoms with Crippen molar-refractivity contribution in [2.24, 2.45) is 0 Å². The lowest BCUT2D eigenvalue weighted by atomic mass is 10.2. The van der Waals surface area contributed by atoms with Gasteiger partial charge in [0, 0.05) is 16.8 Å². The zero-order valence-corrected chi connectivity index (χ0v) is 17.9. The summed E-state index contributed by atoms with van der Waals surface area (Å²) in [7, 11) is -0.930. The van der Waals surface area contributed by atoms with Gasteiger partial charge in [0.25, 0.3) is 0 Å². The Kier molecular flexibility index (Phi) is 6.79. The van der Waals surface area contributed by atoms with Gasteiger partial charge in [0.2, 0.25) is 15.9 Å². The maximum atomic E-state index is 12.9. The Balaban J connectivity index is 2.46. The standard InChI is InChI=1S/C19H23ClN2O5S/c1-12-15(20)7-6-8-16(12)21-19(23)13(2)22(28(5,24)25)17-11-14(26-3)9-10-18(17)27-4/h6-11,13H,1-5H3,(H,21,23)/t13-/m1/s1. The number of sulfonamides is 1. The molecule has 28 heavy (non-hydrogen) atoms. The van der Waals surface area contributed by atoms with Gasteiger partial charge in [-0.1, -0.05) is 17.7 Å². The third kappa shape index (κ3) is 4.69. The molecule has 0 aliphatic carbocycles. The molecule has 0 aliphatic rings. The molecule has 1 N–H and O–H groups in total. The Bertz CT molecular complexity index is 978. The molecule has 0 aliphatic heterocycles. The van der Waals surface area contributed by atoms with Crippen LogP contribution in [0.2, 0.25) is 5.02 Å². The summed E-state index contributed by atoms with van der Waals surface area (Å²) in [6.07, 6.45) is 1.03. The highest BCUT2D eigenvalue weighted by molar-refractivity contribution is 7.92. The summed E-state index contributed by atoms with van der Waals surface area (Å²) in [6.45, 7) is 3.26. The topological polar surface area (TPSA) is 84.9 Å². The van der Waals surface area contributed by atoms with Gasteiger partial charge in [-0.2, -0.15) is 0 Å². The number of nitrogens with one attached hydrogen (secondary N) is 1. The van der Waals surface area contributed by atoms with Gasteiger partial charge in [-0.25, -0.2) is 8.42 Å². The van der Waals surface area contributed by atoms with Crippen molar-refractivity contribution in [1.82, 2.24) is 0 Å². The number of benzene rings is 2. The molecule has 0 spiro atoms. The predicted octanol–water partition coefficient (Wildman–Crippen LogP) is 3.46. The summed E-state index contributed by atoms with van der Waals surface area (Å²) >= 11 is 6.09. The maximum Gasteiger partial charge on any atom is 0.248 e. The van der Waals surface area contributed by atoms with Crippen molar-refractivity contribution in [2.45, 2.75) is 19.9 Å². The van der Waals surface area contributed by atoms with E-state index in [4.69, 9.17) is 21.1 Å². The third-order valence-electron chi connectivity index (χ3n) is 4.24. The first-order chi connectivity index (χ1) is 13.1. The zero-order chi connectivity index (χ0) is 21.1. The monoisotopic (exact) mass is 426 g/mol. The molecule has 152 valence electrons. The van der Waals surface area contributed by atoms with E-state index in [1.54, 1.807) is 37.3 Å². The highest BCUT2D eigenvalue weighted by Crippen LogP contribution is 2.35. The molecule has 2 rings (SSSR count). The summed E-state index contributed by atoms with van der Waals surface area (Å²) in [4.78, 5) is 12.9. The SMILES string of the molecule is COc1ccc(OC)c(N([C@H](C)C(=O)Nc2cccc(Cl)c2C)S(C)(=O)=O)c1. The summed E-state index contributed by atoms with van der Waals surface area (Å²) < 4.78 is 36.6. The number of halogens is 1. The van der Waals surface area contributed by atoms with Crippen molar-refractivity contribution >= 4 is 38.9 Å². The highest BCUT2D eigenvalue weighted by atomic mass is 35.5. The normalized spacial score (nSPS) is 12.2. The fourth-order valence-corrected chi connectivity index (χ4v) is 4.07. The van der Waals surface area contributed by atoms with E-state index in [-0.39, 0.29) is 5.69 Å². The smallest absolute Gasteiger partial charge is 0.248 e. The first-order valence-corrected chi connectivity index (χ1v) is 10.6. The average Bonchev–Trinajstić information content (AvgIpc) is 2.64. The van der Waals surface area contributed by atoms with Crippen LogP contribution < -0.4 is 19.1 Å². The molecule has 0 saturated carbocycles. The van der Waals surface area contributed by atoms with E-state index in [1.165, 1.54) is 27.2 Å². The highest BCUT2D eigenvalue weighted by Gasteiger charge is 2.32. The Morgan fingerprint density at radius 3 is 2.43 bits per heavy atom. The fourth-order valence-electron chi connectivity index (χ4n) is 2.73. The number of ether oxygens (including phenoxy) is 2. The van der Waals surface area contributed by atoms with Crippen LogP contribution >= 0.6 is 11.6 Å². The fraction of sp³-hybridized carbons (Fsp3) is 0.316. The lowest BCUT2D eigenvalue weighted by molar-refractivity contribution is -0.116. The third-order valence-corrected chi connectivity index (χ3v) is 5.87. The molecule has 0 heterocycles. The Morgan fingerprint density at radius 1 is 1.18 bits per heavy atom. The molecule has 0 unspecified atom stereocenters. The molecule has 2 aromatic carbocycles. The first kappa shape index (κ1) is 21.8. The number of hydrogen-bond donors (Lipinski definition) is 1. The molecule has 2 aromatic rings. The van der Waals surface area contributed by atoms with E-state index < -0.39 is 22.0 Å². The van der Waals surface area contributed by atoms with Crippen LogP contribution in [-0.2, 0) is 14.8 Å². The molecule has 9 heteroatoms. The van der Waals surface area contributed by atoms with Gasteiger partial charge in [-0.15, -0.1) is 0 Å². The molecule has 1 atom stereocenters. The van der Waals surface area contributed by atoms with Crippen LogP contribution in [0.3, 0.4) is 0 Å². The number of nitrogens with zero attached hydrogens (tertiary/aromatic N) is 1. The number of carbonyl (C=O) groups is 1. The van der Waals surface area contributed by atoms with Crippen molar-refractivity contribution < 1.29 is 22.7 Å². The van der Waals surface area contributed by atoms with Crippen LogP contribution in [-0.4, -0.2) is 40.8 Å². The molecule has 0 fully saturated rings. The minimum atomic E-state index is -3.82. The van der Waals surface area contributed by atoms with Crippen molar-refractivity contribution in [3.8, 4) is 11.5 Å². The number of amides is 1. The number of rotatable bonds is 7. The number of carbonyl (C=O) groups excluding carboxylic acids is 1. The molecule has 0 radical (unpaired) electrons. The summed E-state index contributed by atoms with van der Waals surface area (Å²) in [5, 5.41) is 3.24. The summed E-state index contributed by atoms with van der Waals surface area (Å²) in [5.74, 6) is 0.216. The van der Waals surface area contributed by atoms with Crippen molar-refractivity contribution in [3.05, 3.63) is 47.0 Å². The molecule has 0 aromatic heterocycles. The van der Waals surface area contributed by atoms with Crippen LogP contribution in [0.5, 0.6) is 11.5 Å². The largest absolute Gasteiger partial charge is 0.497 e. The van der Waals surface area contributed by atoms with Gasteiger partial charge < -0.3 is 14.8 Å². The quantitative estimate of drug-likeness (QED) is 0.732. The second-order valence-electron chi connectivity index (χ2n) is 6.17. The van der Waals surface area contributed by atoms with Gasteiger partial charge in [0.1, 0.15) is 17.5 Å². The number of methoxy groups -OCH3 is 2. The molecule has 1 amide bonds. The van der Waals surface area contributed by atoms with Crippen LogP contribution in [0.1, 0.15) is 12.5 Å². The van der Waals surface area contributed by atoms with Gasteiger partial charge >= 0.3 is 0 Å². The van der Waals surface area contributed by atoms with Crippen LogP contribution in [0.4, 0.5) is 11.4 Å². The Labute approximate surface area is 170 Å². The molecule has 0 bridgehead atoms. The van der Waals surface area contributed by atoms with Crippen LogP contribution in [0.25, 0.3) is 0 Å². The van der Waals surface area contributed by atoms with E-state index in [9.17, 15) is 13.2 Å². The van der Waals surface area contributed by atoms with Gasteiger partial charge in [-0.3, -0.25) is 9.10 Å². The van der Waals surface area contributed by atoms with E-state index in [0.717, 1.165) is 10.6 Å². The summed E-state index contributed by atoms with van der Waals surface area (Å²) in [5.41, 5.74) is 1.40. The minimum absolute atomic E-state index is 0.204. The predicted molar refractivity (Wildman–Crippen MR) is 111 cm³/mol. The van der Waals surface area contributed by atoms with Gasteiger partial charge in [0.05, 0.1) is 26.2 Å². The van der Waals surface area contributed by atoms with E-state index >= 15 is 0 Å².